The van der Waals surface area contributed by atoms with Crippen LogP contribution in [-0.4, -0.2) is 0 Å². The van der Waals surface area contributed by atoms with Crippen LogP contribution in [0.2, 0.25) is 0 Å². The van der Waals surface area contributed by atoms with Gasteiger partial charge < -0.3 is 8.83 Å². The van der Waals surface area contributed by atoms with Crippen molar-refractivity contribution >= 4 is 54.6 Å². The zero-order valence-electron chi connectivity index (χ0n) is 34.6. The van der Waals surface area contributed by atoms with Crippen molar-refractivity contribution in [1.82, 2.24) is 0 Å². The van der Waals surface area contributed by atoms with Crippen molar-refractivity contribution in [2.75, 3.05) is 0 Å². The highest BCUT2D eigenvalue weighted by Gasteiger charge is 2.37. The molecule has 2 atom stereocenters. The van der Waals surface area contributed by atoms with Gasteiger partial charge in [-0.25, -0.2) is 0 Å². The molecule has 0 bridgehead atoms. The Morgan fingerprint density at radius 2 is 1.10 bits per heavy atom. The molecular formula is C59H44O2. The lowest BCUT2D eigenvalue weighted by atomic mass is 9.75. The van der Waals surface area contributed by atoms with Crippen LogP contribution in [-0.2, 0) is 11.8 Å². The number of furan rings is 2. The molecule has 1 aliphatic carbocycles. The molecule has 292 valence electrons. The van der Waals surface area contributed by atoms with Crippen molar-refractivity contribution in [3.05, 3.63) is 216 Å². The molecule has 0 spiro atoms. The van der Waals surface area contributed by atoms with Crippen LogP contribution in [0.4, 0.5) is 0 Å². The third-order valence-electron chi connectivity index (χ3n) is 13.9. The zero-order valence-corrected chi connectivity index (χ0v) is 34.6. The molecule has 2 heterocycles. The third kappa shape index (κ3) is 5.62. The number of hydrogen-bond acceptors (Lipinski definition) is 2. The van der Waals surface area contributed by atoms with Crippen LogP contribution in [0.5, 0.6) is 0 Å². The summed E-state index contributed by atoms with van der Waals surface area (Å²) in [5.74, 6) is 0.344. The Morgan fingerprint density at radius 1 is 0.459 bits per heavy atom. The Kier molecular flexibility index (Phi) is 8.03. The van der Waals surface area contributed by atoms with Crippen molar-refractivity contribution in [2.45, 2.75) is 44.4 Å². The summed E-state index contributed by atoms with van der Waals surface area (Å²) in [5, 5.41) is 7.01. The van der Waals surface area contributed by atoms with E-state index in [-0.39, 0.29) is 17.3 Å². The molecule has 2 unspecified atom stereocenters. The standard InChI is InChI=1S/C59H44O2/c1-36(43-17-6-7-18-44(43)46-21-13-22-47-51-32-39-14-4-5-15-40(39)35-56(51)61-58(46)47)49(34-42-16-12-24-53-57(42)48-20-8-10-23-52(48)59(53,2)3)38-28-26-37(27-29-38)41-30-31-55-50(33-41)45-19-9-11-25-54(45)60-55/h4-33,35-36,49H,34H2,1-3H3. The number of rotatable bonds is 7. The van der Waals surface area contributed by atoms with Crippen molar-refractivity contribution in [3.63, 3.8) is 0 Å². The Bertz CT molecular complexity index is 3500. The average molecular weight is 785 g/mol. The minimum absolute atomic E-state index is 0.0597. The largest absolute Gasteiger partial charge is 0.456 e. The molecule has 0 radical (unpaired) electrons. The van der Waals surface area contributed by atoms with Crippen molar-refractivity contribution in [2.24, 2.45) is 0 Å². The summed E-state index contributed by atoms with van der Waals surface area (Å²) in [6.07, 6.45) is 0.900. The van der Waals surface area contributed by atoms with Crippen molar-refractivity contribution in [1.29, 1.82) is 0 Å². The summed E-state index contributed by atoms with van der Waals surface area (Å²) in [6.45, 7) is 7.19. The minimum Gasteiger partial charge on any atom is -0.456 e. The lowest BCUT2D eigenvalue weighted by molar-refractivity contribution is 0.573. The summed E-state index contributed by atoms with van der Waals surface area (Å²) in [7, 11) is 0. The van der Waals surface area contributed by atoms with Gasteiger partial charge in [-0.15, -0.1) is 0 Å². The first kappa shape index (κ1) is 35.8. The number of hydrogen-bond donors (Lipinski definition) is 0. The molecule has 2 heteroatoms. The molecule has 0 saturated heterocycles. The van der Waals surface area contributed by atoms with Crippen LogP contribution in [0.25, 0.3) is 88.0 Å². The molecule has 1 aliphatic rings. The summed E-state index contributed by atoms with van der Waals surface area (Å²) < 4.78 is 13.0. The van der Waals surface area contributed by atoms with Gasteiger partial charge in [-0.3, -0.25) is 0 Å². The molecule has 11 aromatic rings. The monoisotopic (exact) mass is 784 g/mol. The summed E-state index contributed by atoms with van der Waals surface area (Å²) in [6, 6.07) is 69.0. The van der Waals surface area contributed by atoms with E-state index in [1.54, 1.807) is 0 Å². The fourth-order valence-corrected chi connectivity index (χ4v) is 10.7. The van der Waals surface area contributed by atoms with E-state index in [1.165, 1.54) is 66.4 Å². The van der Waals surface area contributed by atoms with Crippen molar-refractivity contribution < 1.29 is 8.83 Å². The van der Waals surface area contributed by atoms with Gasteiger partial charge in [0.15, 0.2) is 0 Å². The van der Waals surface area contributed by atoms with Gasteiger partial charge in [-0.05, 0) is 115 Å². The quantitative estimate of drug-likeness (QED) is 0.161. The summed E-state index contributed by atoms with van der Waals surface area (Å²) in [5.41, 5.74) is 18.0. The van der Waals surface area contributed by atoms with E-state index in [9.17, 15) is 0 Å². The molecule has 12 rings (SSSR count). The second-order valence-corrected chi connectivity index (χ2v) is 17.6. The minimum atomic E-state index is -0.0597. The van der Waals surface area contributed by atoms with Crippen LogP contribution < -0.4 is 0 Å². The molecular weight excluding hydrogens is 741 g/mol. The van der Waals surface area contributed by atoms with E-state index in [0.29, 0.717) is 0 Å². The highest BCUT2D eigenvalue weighted by atomic mass is 16.3. The smallest absolute Gasteiger partial charge is 0.143 e. The number of para-hydroxylation sites is 2. The fourth-order valence-electron chi connectivity index (χ4n) is 10.7. The van der Waals surface area contributed by atoms with Gasteiger partial charge in [0.05, 0.1) is 0 Å². The molecule has 2 nitrogen and oxygen atoms in total. The van der Waals surface area contributed by atoms with E-state index in [2.05, 4.69) is 197 Å². The average Bonchev–Trinajstić information content (AvgIpc) is 3.94. The Morgan fingerprint density at radius 3 is 1.97 bits per heavy atom. The maximum Gasteiger partial charge on any atom is 0.143 e. The first-order chi connectivity index (χ1) is 29.9. The Balaban J connectivity index is 0.993. The number of fused-ring (bicyclic) bond motifs is 10. The molecule has 9 aromatic carbocycles. The molecule has 0 fully saturated rings. The lowest BCUT2D eigenvalue weighted by Crippen LogP contribution is -2.16. The molecule has 0 saturated carbocycles. The second kappa shape index (κ2) is 13.7. The Hall–Kier alpha value is -7.16. The van der Waals surface area contributed by atoms with E-state index in [1.807, 2.05) is 12.1 Å². The van der Waals surface area contributed by atoms with E-state index in [0.717, 1.165) is 55.9 Å². The summed E-state index contributed by atoms with van der Waals surface area (Å²) in [4.78, 5) is 0. The van der Waals surface area contributed by atoms with Gasteiger partial charge >= 0.3 is 0 Å². The maximum absolute atomic E-state index is 6.82. The van der Waals surface area contributed by atoms with E-state index < -0.39 is 0 Å². The number of benzene rings is 9. The summed E-state index contributed by atoms with van der Waals surface area (Å²) >= 11 is 0. The topological polar surface area (TPSA) is 26.3 Å². The highest BCUT2D eigenvalue weighted by Crippen LogP contribution is 2.52. The van der Waals surface area contributed by atoms with Crippen LogP contribution in [0.1, 0.15) is 60.4 Å². The van der Waals surface area contributed by atoms with Gasteiger partial charge in [0.2, 0.25) is 0 Å². The lowest BCUT2D eigenvalue weighted by Gasteiger charge is -2.28. The molecule has 2 aromatic heterocycles. The van der Waals surface area contributed by atoms with Gasteiger partial charge in [0.1, 0.15) is 22.3 Å². The van der Waals surface area contributed by atoms with Crippen molar-refractivity contribution in [3.8, 4) is 33.4 Å². The second-order valence-electron chi connectivity index (χ2n) is 17.6. The van der Waals surface area contributed by atoms with Crippen LogP contribution >= 0.6 is 0 Å². The normalized spacial score (nSPS) is 14.2. The van der Waals surface area contributed by atoms with E-state index >= 15 is 0 Å². The van der Waals surface area contributed by atoms with E-state index in [4.69, 9.17) is 8.83 Å². The fraction of sp³-hybridized carbons (Fsp3) is 0.119. The van der Waals surface area contributed by atoms with Gasteiger partial charge in [-0.1, -0.05) is 178 Å². The predicted octanol–water partition coefficient (Wildman–Crippen LogP) is 16.4. The van der Waals surface area contributed by atoms with Gasteiger partial charge in [-0.2, -0.15) is 0 Å². The SMILES string of the molecule is CC(c1ccccc1-c1cccc2c1oc1cc3ccccc3cc12)C(Cc1cccc2c1-c1ccccc1C2(C)C)c1ccc(-c2ccc3oc4ccccc4c3c2)cc1. The highest BCUT2D eigenvalue weighted by molar-refractivity contribution is 6.13. The zero-order chi connectivity index (χ0) is 40.8. The van der Waals surface area contributed by atoms with Crippen LogP contribution in [0.15, 0.2) is 197 Å². The predicted molar refractivity (Wildman–Crippen MR) is 255 cm³/mol. The van der Waals surface area contributed by atoms with Crippen LogP contribution in [0.3, 0.4) is 0 Å². The molecule has 0 N–H and O–H groups in total. The maximum atomic E-state index is 6.82. The molecule has 0 aliphatic heterocycles. The van der Waals surface area contributed by atoms with Crippen LogP contribution in [0, 0.1) is 0 Å². The third-order valence-corrected chi connectivity index (χ3v) is 13.9. The Labute approximate surface area is 355 Å². The first-order valence-electron chi connectivity index (χ1n) is 21.6. The molecule has 61 heavy (non-hydrogen) atoms. The van der Waals surface area contributed by atoms with Gasteiger partial charge in [0, 0.05) is 32.5 Å². The molecule has 0 amide bonds. The first-order valence-corrected chi connectivity index (χ1v) is 21.6. The van der Waals surface area contributed by atoms with Gasteiger partial charge in [0.25, 0.3) is 0 Å².